The molecule has 5 nitrogen and oxygen atoms in total. The highest BCUT2D eigenvalue weighted by Crippen LogP contribution is 2.26. The second-order valence-corrected chi connectivity index (χ2v) is 6.44. The van der Waals surface area contributed by atoms with Crippen LogP contribution in [0, 0.1) is 5.92 Å². The summed E-state index contributed by atoms with van der Waals surface area (Å²) in [6.45, 7) is 0. The summed E-state index contributed by atoms with van der Waals surface area (Å²) in [5, 5.41) is 11.1. The third kappa shape index (κ3) is 8.63. The maximum atomic E-state index is 12.1. The van der Waals surface area contributed by atoms with Crippen molar-refractivity contribution >= 4 is 12.0 Å². The zero-order valence-electron chi connectivity index (χ0n) is 15.8. The number of hydrogen-bond donors (Lipinski definition) is 1. The summed E-state index contributed by atoms with van der Waals surface area (Å²) in [6.07, 6.45) is 13.1. The number of oxime groups is 1. The molecule has 7 heteroatoms. The molecule has 27 heavy (non-hydrogen) atoms. The lowest BCUT2D eigenvalue weighted by Gasteiger charge is -2.19. The Balaban J connectivity index is 0.000000500. The molecule has 0 aromatic carbocycles. The molecule has 2 heterocycles. The van der Waals surface area contributed by atoms with Crippen LogP contribution >= 0.6 is 0 Å². The molecule has 1 fully saturated rings. The highest BCUT2D eigenvalue weighted by molar-refractivity contribution is 5.97. The van der Waals surface area contributed by atoms with Crippen LogP contribution in [0.1, 0.15) is 48.2 Å². The monoisotopic (exact) mass is 595 g/mol. The van der Waals surface area contributed by atoms with Crippen molar-refractivity contribution in [1.82, 2.24) is 0 Å². The van der Waals surface area contributed by atoms with Crippen molar-refractivity contribution in [1.29, 1.82) is 0 Å². The quantitative estimate of drug-likeness (QED) is 0.101. The Morgan fingerprint density at radius 1 is 1.07 bits per heavy atom. The lowest BCUT2D eigenvalue weighted by Crippen LogP contribution is -3.00. The van der Waals surface area contributed by atoms with E-state index >= 15 is 0 Å². The molecule has 1 saturated carbocycles. The average Bonchev–Trinajstić information content (AvgIpc) is 2.64. The summed E-state index contributed by atoms with van der Waals surface area (Å²) in [4.78, 5) is 12.1. The molecule has 0 amide bonds. The highest BCUT2D eigenvalue weighted by atomic mass is 127. The molecule has 2 aromatic heterocycles. The molecular weight excluding hydrogens is 568 g/mol. The smallest absolute Gasteiger partial charge is 0.226 e. The minimum Gasteiger partial charge on any atom is -1.00 e. The zero-order chi connectivity index (χ0) is 18.1. The van der Waals surface area contributed by atoms with Crippen LogP contribution < -0.4 is 57.1 Å². The number of halogens is 2. The van der Waals surface area contributed by atoms with Gasteiger partial charge in [-0.3, -0.25) is 4.79 Å². The SMILES string of the molecule is C[n+]1cccc(C(=O)C2CCCCC2)c1.C[n+]1ccccc1C=NO.[I-].[I-]. The Hall–Kier alpha value is -1.10. The molecule has 0 unspecified atom stereocenters. The van der Waals surface area contributed by atoms with Gasteiger partial charge in [-0.15, -0.1) is 0 Å². The Morgan fingerprint density at radius 3 is 2.37 bits per heavy atom. The molecule has 0 atom stereocenters. The first-order valence-corrected chi connectivity index (χ1v) is 8.73. The van der Waals surface area contributed by atoms with Crippen LogP contribution in [0.3, 0.4) is 0 Å². The van der Waals surface area contributed by atoms with Gasteiger partial charge in [0.15, 0.2) is 24.4 Å². The normalized spacial score (nSPS) is 13.7. The van der Waals surface area contributed by atoms with E-state index in [9.17, 15) is 4.79 Å². The minimum atomic E-state index is 0. The molecule has 1 N–H and O–H groups in total. The molecule has 148 valence electrons. The summed E-state index contributed by atoms with van der Waals surface area (Å²) >= 11 is 0. The molecule has 0 saturated heterocycles. The van der Waals surface area contributed by atoms with Gasteiger partial charge < -0.3 is 53.2 Å². The van der Waals surface area contributed by atoms with Crippen LogP contribution in [0.2, 0.25) is 0 Å². The summed E-state index contributed by atoms with van der Waals surface area (Å²) in [7, 11) is 3.84. The molecular formula is C20H27I2N3O2. The van der Waals surface area contributed by atoms with Crippen molar-refractivity contribution < 1.29 is 67.1 Å². The van der Waals surface area contributed by atoms with Gasteiger partial charge in [0.1, 0.15) is 20.3 Å². The predicted octanol–water partition coefficient (Wildman–Crippen LogP) is -3.40. The van der Waals surface area contributed by atoms with Crippen molar-refractivity contribution in [2.45, 2.75) is 32.1 Å². The number of ketones is 1. The summed E-state index contributed by atoms with van der Waals surface area (Å²) < 4.78 is 3.80. The highest BCUT2D eigenvalue weighted by Gasteiger charge is 2.23. The molecule has 1 aliphatic rings. The fraction of sp³-hybridized carbons (Fsp3) is 0.400. The fourth-order valence-electron chi connectivity index (χ4n) is 3.06. The third-order valence-electron chi connectivity index (χ3n) is 4.49. The van der Waals surface area contributed by atoms with E-state index < -0.39 is 0 Å². The van der Waals surface area contributed by atoms with E-state index in [4.69, 9.17) is 5.21 Å². The van der Waals surface area contributed by atoms with Gasteiger partial charge in [0, 0.05) is 24.1 Å². The number of pyridine rings is 2. The van der Waals surface area contributed by atoms with Gasteiger partial charge in [0.05, 0.1) is 5.56 Å². The lowest BCUT2D eigenvalue weighted by atomic mass is 9.84. The van der Waals surface area contributed by atoms with Crippen LogP contribution in [0.15, 0.2) is 54.1 Å². The van der Waals surface area contributed by atoms with Crippen LogP contribution in [0.4, 0.5) is 0 Å². The van der Waals surface area contributed by atoms with Gasteiger partial charge >= 0.3 is 0 Å². The number of carbonyl (C=O) groups excluding carboxylic acids is 1. The molecule has 2 aromatic rings. The Kier molecular flexibility index (Phi) is 13.4. The van der Waals surface area contributed by atoms with Gasteiger partial charge in [-0.25, -0.2) is 9.13 Å². The van der Waals surface area contributed by atoms with Crippen LogP contribution in [-0.4, -0.2) is 17.2 Å². The Morgan fingerprint density at radius 2 is 1.78 bits per heavy atom. The molecule has 0 radical (unpaired) electrons. The van der Waals surface area contributed by atoms with Gasteiger partial charge in [0.2, 0.25) is 5.69 Å². The molecule has 0 aliphatic heterocycles. The number of hydrogen-bond acceptors (Lipinski definition) is 3. The van der Waals surface area contributed by atoms with Crippen LogP contribution in [0.5, 0.6) is 0 Å². The number of carbonyl (C=O) groups is 1. The van der Waals surface area contributed by atoms with E-state index in [0.29, 0.717) is 5.78 Å². The number of Topliss-reactive ketones (excluding diaryl/α,β-unsaturated/α-hetero) is 1. The average molecular weight is 595 g/mol. The van der Waals surface area contributed by atoms with E-state index in [1.807, 2.05) is 72.2 Å². The Labute approximate surface area is 195 Å². The Bertz CT molecular complexity index is 733. The van der Waals surface area contributed by atoms with Gasteiger partial charge in [-0.1, -0.05) is 24.4 Å². The van der Waals surface area contributed by atoms with Crippen molar-refractivity contribution in [2.75, 3.05) is 0 Å². The van der Waals surface area contributed by atoms with Crippen LogP contribution in [0.25, 0.3) is 0 Å². The minimum absolute atomic E-state index is 0. The molecule has 1 aliphatic carbocycles. The maximum Gasteiger partial charge on any atom is 0.226 e. The van der Waals surface area contributed by atoms with E-state index in [0.717, 1.165) is 24.1 Å². The van der Waals surface area contributed by atoms with E-state index in [-0.39, 0.29) is 53.9 Å². The molecule has 3 rings (SSSR count). The fourth-order valence-corrected chi connectivity index (χ4v) is 3.06. The topological polar surface area (TPSA) is 57.4 Å². The van der Waals surface area contributed by atoms with Crippen molar-refractivity contribution in [2.24, 2.45) is 25.2 Å². The summed E-state index contributed by atoms with van der Waals surface area (Å²) in [5.74, 6) is 0.618. The van der Waals surface area contributed by atoms with Crippen LogP contribution in [-0.2, 0) is 14.1 Å². The molecule has 0 bridgehead atoms. The van der Waals surface area contributed by atoms with Crippen molar-refractivity contribution in [3.63, 3.8) is 0 Å². The standard InChI is InChI=1S/C13H18NO.C7H8N2O.2HI/c1-14-9-5-8-12(10-14)13(15)11-6-3-2-4-7-11;1-9-5-3-2-4-7(9)6-8-10;;/h5,8-11H,2-4,6-7H2,1H3;2-6H,1H3;2*1H/q+1;;;/p-1. The lowest BCUT2D eigenvalue weighted by molar-refractivity contribution is -0.672. The van der Waals surface area contributed by atoms with E-state index in [2.05, 4.69) is 5.16 Å². The first-order valence-electron chi connectivity index (χ1n) is 8.73. The maximum absolute atomic E-state index is 12.1. The number of aromatic nitrogens is 2. The summed E-state index contributed by atoms with van der Waals surface area (Å²) in [6, 6.07) is 9.53. The van der Waals surface area contributed by atoms with Gasteiger partial charge in [-0.05, 0) is 25.0 Å². The largest absolute Gasteiger partial charge is 1.00 e. The van der Waals surface area contributed by atoms with E-state index in [1.165, 1.54) is 25.5 Å². The van der Waals surface area contributed by atoms with Gasteiger partial charge in [0.25, 0.3) is 0 Å². The van der Waals surface area contributed by atoms with Crippen molar-refractivity contribution in [3.8, 4) is 0 Å². The number of aryl methyl sites for hydroxylation is 2. The summed E-state index contributed by atoms with van der Waals surface area (Å²) in [5.41, 5.74) is 1.73. The van der Waals surface area contributed by atoms with Crippen molar-refractivity contribution in [3.05, 3.63) is 60.2 Å². The van der Waals surface area contributed by atoms with E-state index in [1.54, 1.807) is 0 Å². The number of rotatable bonds is 3. The second-order valence-electron chi connectivity index (χ2n) is 6.44. The third-order valence-corrected chi connectivity index (χ3v) is 4.49. The number of nitrogens with zero attached hydrogens (tertiary/aromatic N) is 3. The zero-order valence-corrected chi connectivity index (χ0v) is 20.1. The second kappa shape index (κ2) is 14.0. The first-order chi connectivity index (χ1) is 12.1. The predicted molar refractivity (Wildman–Crippen MR) is 95.5 cm³/mol. The molecule has 0 spiro atoms. The van der Waals surface area contributed by atoms with Gasteiger partial charge in [-0.2, -0.15) is 0 Å². The first kappa shape index (κ1) is 25.9.